The van der Waals surface area contributed by atoms with E-state index in [1.165, 1.54) is 28.8 Å². The smallest absolute Gasteiger partial charge is 0.304 e. The van der Waals surface area contributed by atoms with Gasteiger partial charge in [0.1, 0.15) is 17.4 Å². The quantitative estimate of drug-likeness (QED) is 0.0564. The number of nitrogens with zero attached hydrogens (tertiary/aromatic N) is 3. The second-order valence-corrected chi connectivity index (χ2v) is 19.3. The van der Waals surface area contributed by atoms with E-state index in [4.69, 9.17) is 0 Å². The van der Waals surface area contributed by atoms with Gasteiger partial charge in [-0.2, -0.15) is 11.8 Å². The zero-order chi connectivity index (χ0) is 47.8. The van der Waals surface area contributed by atoms with Gasteiger partial charge < -0.3 is 19.9 Å². The number of imide groups is 1. The summed E-state index contributed by atoms with van der Waals surface area (Å²) in [6.45, 7) is 12.2. The molecule has 352 valence electrons. The van der Waals surface area contributed by atoms with Crippen LogP contribution in [0.4, 0.5) is 8.78 Å². The number of Topliss-reactive ketones (excluding diaryl/α,β-unsaturated/α-hetero) is 2. The van der Waals surface area contributed by atoms with Gasteiger partial charge in [-0.15, -0.1) is 0 Å². The molecule has 4 amide bonds. The highest BCUT2D eigenvalue weighted by Gasteiger charge is 2.37. The number of unbranched alkanes of at least 4 members (excludes halogenated alkanes) is 3. The first-order valence-electron chi connectivity index (χ1n) is 22.4. The minimum absolute atomic E-state index is 0.00708. The lowest BCUT2D eigenvalue weighted by Gasteiger charge is -2.41. The summed E-state index contributed by atoms with van der Waals surface area (Å²) >= 11 is 1.22. The van der Waals surface area contributed by atoms with Crippen molar-refractivity contribution in [3.8, 4) is 11.1 Å². The van der Waals surface area contributed by atoms with E-state index < -0.39 is 41.0 Å². The van der Waals surface area contributed by atoms with Crippen LogP contribution in [0.15, 0.2) is 72.9 Å². The van der Waals surface area contributed by atoms with Crippen molar-refractivity contribution in [1.29, 1.82) is 0 Å². The summed E-state index contributed by atoms with van der Waals surface area (Å²) in [5, 5.41) is 12.0. The number of thioether (sulfide) groups is 1. The van der Waals surface area contributed by atoms with Crippen molar-refractivity contribution < 1.29 is 47.4 Å². The molecule has 2 aromatic carbocycles. The number of aliphatic carboxylic acids is 1. The third-order valence-electron chi connectivity index (χ3n) is 11.5. The molecule has 0 unspecified atom stereocenters. The summed E-state index contributed by atoms with van der Waals surface area (Å²) in [5.41, 5.74) is 1.58. The van der Waals surface area contributed by atoms with E-state index in [1.54, 1.807) is 24.1 Å². The van der Waals surface area contributed by atoms with Crippen LogP contribution in [-0.2, 0) is 40.1 Å². The topological polar surface area (TPSA) is 163 Å². The molecule has 65 heavy (non-hydrogen) atoms. The average Bonchev–Trinajstić information content (AvgIpc) is 3.79. The molecule has 0 fully saturated rings. The van der Waals surface area contributed by atoms with E-state index in [9.17, 15) is 43.1 Å². The first-order chi connectivity index (χ1) is 30.8. The molecule has 3 atom stereocenters. The molecule has 12 nitrogen and oxygen atoms in total. The highest BCUT2D eigenvalue weighted by Crippen LogP contribution is 2.41. The maximum atomic E-state index is 15.2. The Morgan fingerprint density at radius 3 is 2.17 bits per heavy atom. The van der Waals surface area contributed by atoms with Crippen LogP contribution >= 0.6 is 11.8 Å². The second kappa shape index (κ2) is 24.7. The Balaban J connectivity index is 1.44. The Bertz CT molecular complexity index is 2170. The average molecular weight is 919 g/mol. The Labute approximate surface area is 385 Å². The van der Waals surface area contributed by atoms with Crippen molar-refractivity contribution in [2.75, 3.05) is 24.6 Å². The van der Waals surface area contributed by atoms with Crippen LogP contribution in [0.5, 0.6) is 0 Å². The standard InChI is InChI=1S/C50H64F2N4O8S/c1-33(2)39(29-38(57)17-11-8-13-24-55-44(59)21-22-45(55)60)49(64)53-34(3)43(58)18-12-14-25-56(46(61)32-65-26-23-47(62)63)48(50(4,5)6)42-27-36(40-28-37(51)19-20-41(40)52)31-54(42)30-35-15-9-7-10-16-35/h7,9-10,15-16,19-22,27-28,31,33-34,39,48H,8,11-14,17-18,23-26,29-30,32H2,1-6H3,(H,53,64)(H,62,63)/t34-,39-,48-/m0/s1. The third-order valence-corrected chi connectivity index (χ3v) is 12.5. The first-order valence-corrected chi connectivity index (χ1v) is 23.6. The fourth-order valence-electron chi connectivity index (χ4n) is 8.01. The molecule has 0 spiro atoms. The number of halogens is 2. The minimum atomic E-state index is -0.969. The minimum Gasteiger partial charge on any atom is -0.481 e. The number of ketones is 2. The Kier molecular flexibility index (Phi) is 19.9. The van der Waals surface area contributed by atoms with E-state index >= 15 is 4.39 Å². The van der Waals surface area contributed by atoms with E-state index in [0.29, 0.717) is 49.9 Å². The van der Waals surface area contributed by atoms with Crippen molar-refractivity contribution in [2.24, 2.45) is 17.3 Å². The number of carbonyl (C=O) groups excluding carboxylic acids is 6. The number of carboxylic acid groups (broad SMARTS) is 1. The number of carbonyl (C=O) groups is 7. The molecule has 15 heteroatoms. The fourth-order valence-corrected chi connectivity index (χ4v) is 8.81. The van der Waals surface area contributed by atoms with E-state index in [-0.39, 0.29) is 97.0 Å². The lowest BCUT2D eigenvalue weighted by Crippen LogP contribution is -2.44. The molecule has 1 aliphatic rings. The summed E-state index contributed by atoms with van der Waals surface area (Å²) in [4.78, 5) is 91.7. The van der Waals surface area contributed by atoms with Gasteiger partial charge in [-0.25, -0.2) is 8.78 Å². The predicted molar refractivity (Wildman–Crippen MR) is 248 cm³/mol. The zero-order valence-electron chi connectivity index (χ0n) is 38.4. The molecule has 1 aliphatic heterocycles. The monoisotopic (exact) mass is 918 g/mol. The van der Waals surface area contributed by atoms with Gasteiger partial charge >= 0.3 is 5.97 Å². The van der Waals surface area contributed by atoms with Crippen molar-refractivity contribution in [3.05, 3.63) is 95.8 Å². The summed E-state index contributed by atoms with van der Waals surface area (Å²) in [6.07, 6.45) is 7.11. The molecule has 2 N–H and O–H groups in total. The van der Waals surface area contributed by atoms with Gasteiger partial charge in [-0.1, -0.05) is 71.4 Å². The molecular weight excluding hydrogens is 855 g/mol. The molecule has 0 saturated carbocycles. The summed E-state index contributed by atoms with van der Waals surface area (Å²) in [5.74, 6) is -4.29. The Morgan fingerprint density at radius 2 is 1.52 bits per heavy atom. The molecule has 1 aromatic heterocycles. The maximum absolute atomic E-state index is 15.2. The summed E-state index contributed by atoms with van der Waals surface area (Å²) in [6, 6.07) is 13.3. The molecule has 0 aliphatic carbocycles. The van der Waals surface area contributed by atoms with Crippen LogP contribution in [0, 0.1) is 28.9 Å². The number of carboxylic acids is 1. The van der Waals surface area contributed by atoms with Crippen molar-refractivity contribution in [3.63, 3.8) is 0 Å². The van der Waals surface area contributed by atoms with E-state index in [1.807, 2.05) is 69.5 Å². The highest BCUT2D eigenvalue weighted by molar-refractivity contribution is 7.99. The van der Waals surface area contributed by atoms with Crippen LogP contribution in [0.3, 0.4) is 0 Å². The molecule has 0 bridgehead atoms. The largest absolute Gasteiger partial charge is 0.481 e. The molecule has 4 rings (SSSR count). The van der Waals surface area contributed by atoms with Gasteiger partial charge in [-0.05, 0) is 73.8 Å². The predicted octanol–water partition coefficient (Wildman–Crippen LogP) is 8.57. The SMILES string of the molecule is CC(C)[C@H](CC(=O)CCCCCN1C(=O)C=CC1=O)C(=O)N[C@@H](C)C(=O)CCCCN(C(=O)CSCCC(=O)O)[C@@H](c1cc(-c2cc(F)ccc2F)cn1Cc1ccccc1)C(C)(C)C. The summed E-state index contributed by atoms with van der Waals surface area (Å²) in [7, 11) is 0. The molecule has 2 heterocycles. The van der Waals surface area contributed by atoms with Crippen LogP contribution in [0.1, 0.15) is 117 Å². The number of amides is 4. The fraction of sp³-hybridized carbons (Fsp3) is 0.500. The lowest BCUT2D eigenvalue weighted by molar-refractivity contribution is -0.138. The van der Waals surface area contributed by atoms with Crippen molar-refractivity contribution >= 4 is 52.9 Å². The highest BCUT2D eigenvalue weighted by atomic mass is 32.2. The van der Waals surface area contributed by atoms with Gasteiger partial charge in [-0.3, -0.25) is 38.5 Å². The van der Waals surface area contributed by atoms with Crippen LogP contribution in [-0.4, -0.2) is 91.3 Å². The van der Waals surface area contributed by atoms with Crippen LogP contribution in [0.2, 0.25) is 0 Å². The van der Waals surface area contributed by atoms with Gasteiger partial charge in [0.25, 0.3) is 11.8 Å². The third kappa shape index (κ3) is 15.9. The molecular formula is C50H64F2N4O8S. The first kappa shape index (κ1) is 52.2. The molecule has 0 radical (unpaired) electrons. The number of benzene rings is 2. The van der Waals surface area contributed by atoms with Gasteiger partial charge in [0.2, 0.25) is 11.8 Å². The number of rotatable bonds is 27. The number of hydrogen-bond acceptors (Lipinski definition) is 8. The molecule has 3 aromatic rings. The maximum Gasteiger partial charge on any atom is 0.304 e. The van der Waals surface area contributed by atoms with E-state index in [2.05, 4.69) is 5.32 Å². The van der Waals surface area contributed by atoms with E-state index in [0.717, 1.165) is 23.8 Å². The van der Waals surface area contributed by atoms with Gasteiger partial charge in [0.15, 0.2) is 5.78 Å². The summed E-state index contributed by atoms with van der Waals surface area (Å²) < 4.78 is 31.7. The lowest BCUT2D eigenvalue weighted by atomic mass is 9.82. The number of nitrogens with one attached hydrogen (secondary N) is 1. The van der Waals surface area contributed by atoms with Crippen LogP contribution in [0.25, 0.3) is 11.1 Å². The second-order valence-electron chi connectivity index (χ2n) is 18.2. The van der Waals surface area contributed by atoms with Gasteiger partial charge in [0, 0.05) is 85.7 Å². The van der Waals surface area contributed by atoms with Crippen molar-refractivity contribution in [2.45, 2.75) is 118 Å². The van der Waals surface area contributed by atoms with Crippen molar-refractivity contribution in [1.82, 2.24) is 19.7 Å². The Morgan fingerprint density at radius 1 is 0.846 bits per heavy atom. The van der Waals surface area contributed by atoms with Gasteiger partial charge in [0.05, 0.1) is 24.3 Å². The number of hydrogen-bond donors (Lipinski definition) is 2. The normalized spacial score (nSPS) is 14.1. The van der Waals surface area contributed by atoms with Crippen LogP contribution < -0.4 is 5.32 Å². The molecule has 0 saturated heterocycles. The zero-order valence-corrected chi connectivity index (χ0v) is 39.3. The Hall–Kier alpha value is -5.44. The number of aromatic nitrogens is 1.